The molecule has 1 saturated heterocycles. The minimum atomic E-state index is 0.349. The molecule has 2 rings (SSSR count). The lowest BCUT2D eigenvalue weighted by Gasteiger charge is -2.26. The van der Waals surface area contributed by atoms with Crippen molar-refractivity contribution in [2.24, 2.45) is 5.41 Å². The Bertz CT molecular complexity index is 305. The lowest BCUT2D eigenvalue weighted by molar-refractivity contribution is 0.292. The number of furan rings is 1. The van der Waals surface area contributed by atoms with Crippen LogP contribution in [0.3, 0.4) is 0 Å². The summed E-state index contributed by atoms with van der Waals surface area (Å²) >= 11 is 0. The van der Waals surface area contributed by atoms with Crippen LogP contribution in [-0.4, -0.2) is 31.1 Å². The molecule has 1 fully saturated rings. The molecule has 0 saturated carbocycles. The molecule has 3 heteroatoms. The van der Waals surface area contributed by atoms with E-state index in [0.717, 1.165) is 25.4 Å². The van der Waals surface area contributed by atoms with E-state index in [1.165, 1.54) is 0 Å². The number of hydrogen-bond acceptors (Lipinski definition) is 3. The Kier molecular flexibility index (Phi) is 2.85. The van der Waals surface area contributed by atoms with E-state index in [1.807, 2.05) is 12.1 Å². The molecule has 15 heavy (non-hydrogen) atoms. The second-order valence-corrected chi connectivity index (χ2v) is 5.20. The fourth-order valence-corrected chi connectivity index (χ4v) is 2.41. The highest BCUT2D eigenvalue weighted by atomic mass is 16.3. The zero-order chi connectivity index (χ0) is 10.9. The van der Waals surface area contributed by atoms with Crippen molar-refractivity contribution in [3.63, 3.8) is 0 Å². The molecule has 3 nitrogen and oxygen atoms in total. The van der Waals surface area contributed by atoms with Crippen molar-refractivity contribution in [1.82, 2.24) is 10.2 Å². The molecule has 1 atom stereocenters. The summed E-state index contributed by atoms with van der Waals surface area (Å²) in [6.45, 7) is 7.73. The third kappa shape index (κ3) is 2.41. The monoisotopic (exact) mass is 208 g/mol. The molecule has 1 aromatic rings. The topological polar surface area (TPSA) is 28.4 Å². The fourth-order valence-electron chi connectivity index (χ4n) is 2.41. The molecule has 0 bridgehead atoms. The molecule has 1 aliphatic rings. The van der Waals surface area contributed by atoms with Gasteiger partial charge in [0, 0.05) is 19.1 Å². The van der Waals surface area contributed by atoms with Crippen molar-refractivity contribution in [2.75, 3.05) is 20.1 Å². The van der Waals surface area contributed by atoms with Crippen molar-refractivity contribution in [3.8, 4) is 0 Å². The van der Waals surface area contributed by atoms with Crippen LogP contribution in [0.1, 0.15) is 19.6 Å². The Labute approximate surface area is 91.4 Å². The van der Waals surface area contributed by atoms with Crippen LogP contribution in [0, 0.1) is 5.41 Å². The molecule has 1 aliphatic heterocycles. The predicted octanol–water partition coefficient (Wildman–Crippen LogP) is 1.71. The van der Waals surface area contributed by atoms with Gasteiger partial charge in [0.15, 0.2) is 0 Å². The first-order valence-electron chi connectivity index (χ1n) is 5.52. The number of rotatable bonds is 3. The number of nitrogens with zero attached hydrogens (tertiary/aromatic N) is 1. The van der Waals surface area contributed by atoms with Gasteiger partial charge in [0.2, 0.25) is 0 Å². The molecule has 0 radical (unpaired) electrons. The van der Waals surface area contributed by atoms with Gasteiger partial charge in [0.05, 0.1) is 12.8 Å². The second-order valence-electron chi connectivity index (χ2n) is 5.20. The van der Waals surface area contributed by atoms with Crippen molar-refractivity contribution >= 4 is 0 Å². The minimum absolute atomic E-state index is 0.349. The van der Waals surface area contributed by atoms with Crippen LogP contribution in [0.2, 0.25) is 0 Å². The Hall–Kier alpha value is -0.800. The van der Waals surface area contributed by atoms with Gasteiger partial charge >= 0.3 is 0 Å². The lowest BCUT2D eigenvalue weighted by atomic mass is 9.88. The predicted molar refractivity (Wildman–Crippen MR) is 60.6 cm³/mol. The summed E-state index contributed by atoms with van der Waals surface area (Å²) in [4.78, 5) is 2.37. The Balaban J connectivity index is 1.89. The van der Waals surface area contributed by atoms with Crippen molar-refractivity contribution in [3.05, 3.63) is 24.2 Å². The molecule has 0 amide bonds. The summed E-state index contributed by atoms with van der Waals surface area (Å²) in [5.41, 5.74) is 0.349. The van der Waals surface area contributed by atoms with E-state index in [4.69, 9.17) is 4.42 Å². The summed E-state index contributed by atoms with van der Waals surface area (Å²) in [5.74, 6) is 1.01. The Morgan fingerprint density at radius 2 is 2.40 bits per heavy atom. The van der Waals surface area contributed by atoms with Crippen LogP contribution in [0.4, 0.5) is 0 Å². The van der Waals surface area contributed by atoms with Crippen LogP contribution in [-0.2, 0) is 6.54 Å². The molecule has 84 valence electrons. The fraction of sp³-hybridized carbons (Fsp3) is 0.667. The number of likely N-dealkylation sites (N-methyl/N-ethyl adjacent to an activating group) is 1. The van der Waals surface area contributed by atoms with Gasteiger partial charge in [-0.1, -0.05) is 13.8 Å². The maximum Gasteiger partial charge on any atom is 0.117 e. The molecule has 0 aromatic carbocycles. The van der Waals surface area contributed by atoms with Gasteiger partial charge in [-0.15, -0.1) is 0 Å². The first-order valence-corrected chi connectivity index (χ1v) is 5.52. The summed E-state index contributed by atoms with van der Waals surface area (Å²) in [6, 6.07) is 4.49. The molecule has 0 spiro atoms. The molecular formula is C12H20N2O. The normalized spacial score (nSPS) is 25.9. The van der Waals surface area contributed by atoms with Crippen LogP contribution in [0.15, 0.2) is 22.8 Å². The van der Waals surface area contributed by atoms with Crippen molar-refractivity contribution in [1.29, 1.82) is 0 Å². The van der Waals surface area contributed by atoms with E-state index in [0.29, 0.717) is 11.5 Å². The first-order chi connectivity index (χ1) is 7.08. The maximum atomic E-state index is 5.31. The van der Waals surface area contributed by atoms with E-state index in [-0.39, 0.29) is 0 Å². The molecule has 2 heterocycles. The highest BCUT2D eigenvalue weighted by Gasteiger charge is 2.37. The van der Waals surface area contributed by atoms with Gasteiger partial charge < -0.3 is 14.6 Å². The SMILES string of the molecule is CN1CC(NCc2ccco2)C(C)(C)C1. The van der Waals surface area contributed by atoms with Gasteiger partial charge in [-0.25, -0.2) is 0 Å². The summed E-state index contributed by atoms with van der Waals surface area (Å²) in [5, 5.41) is 3.57. The van der Waals surface area contributed by atoms with Crippen LogP contribution >= 0.6 is 0 Å². The highest BCUT2D eigenvalue weighted by molar-refractivity contribution is 5.00. The zero-order valence-corrected chi connectivity index (χ0v) is 9.79. The molecule has 1 unspecified atom stereocenters. The average Bonchev–Trinajstić information content (AvgIpc) is 2.70. The number of nitrogens with one attached hydrogen (secondary N) is 1. The Morgan fingerprint density at radius 3 is 2.93 bits per heavy atom. The molecular weight excluding hydrogens is 188 g/mol. The second kappa shape index (κ2) is 3.99. The summed E-state index contributed by atoms with van der Waals surface area (Å²) < 4.78 is 5.31. The average molecular weight is 208 g/mol. The highest BCUT2D eigenvalue weighted by Crippen LogP contribution is 2.28. The van der Waals surface area contributed by atoms with Crippen molar-refractivity contribution in [2.45, 2.75) is 26.4 Å². The van der Waals surface area contributed by atoms with Gasteiger partial charge in [-0.2, -0.15) is 0 Å². The van der Waals surface area contributed by atoms with E-state index < -0.39 is 0 Å². The van der Waals surface area contributed by atoms with Crippen LogP contribution in [0.25, 0.3) is 0 Å². The smallest absolute Gasteiger partial charge is 0.117 e. The zero-order valence-electron chi connectivity index (χ0n) is 9.79. The lowest BCUT2D eigenvalue weighted by Crippen LogP contribution is -2.40. The van der Waals surface area contributed by atoms with Gasteiger partial charge in [-0.3, -0.25) is 0 Å². The van der Waals surface area contributed by atoms with Crippen LogP contribution < -0.4 is 5.32 Å². The number of hydrogen-bond donors (Lipinski definition) is 1. The van der Waals surface area contributed by atoms with Gasteiger partial charge in [-0.05, 0) is 24.6 Å². The van der Waals surface area contributed by atoms with Crippen LogP contribution in [0.5, 0.6) is 0 Å². The molecule has 1 N–H and O–H groups in total. The first kappa shape index (κ1) is 10.7. The summed E-state index contributed by atoms with van der Waals surface area (Å²) in [7, 11) is 2.18. The van der Waals surface area contributed by atoms with E-state index in [9.17, 15) is 0 Å². The van der Waals surface area contributed by atoms with Gasteiger partial charge in [0.25, 0.3) is 0 Å². The largest absolute Gasteiger partial charge is 0.468 e. The Morgan fingerprint density at radius 1 is 1.60 bits per heavy atom. The third-order valence-electron chi connectivity index (χ3n) is 3.22. The number of likely N-dealkylation sites (tertiary alicyclic amines) is 1. The maximum absolute atomic E-state index is 5.31. The van der Waals surface area contributed by atoms with Crippen molar-refractivity contribution < 1.29 is 4.42 Å². The van der Waals surface area contributed by atoms with Gasteiger partial charge in [0.1, 0.15) is 5.76 Å². The third-order valence-corrected chi connectivity index (χ3v) is 3.22. The molecule has 1 aromatic heterocycles. The van der Waals surface area contributed by atoms with E-state index in [1.54, 1.807) is 6.26 Å². The quantitative estimate of drug-likeness (QED) is 0.819. The molecule has 0 aliphatic carbocycles. The minimum Gasteiger partial charge on any atom is -0.468 e. The summed E-state index contributed by atoms with van der Waals surface area (Å²) in [6.07, 6.45) is 1.73. The standard InChI is InChI=1S/C12H20N2O/c1-12(2)9-14(3)8-11(12)13-7-10-5-4-6-15-10/h4-6,11,13H,7-9H2,1-3H3. The van der Waals surface area contributed by atoms with E-state index in [2.05, 4.69) is 31.1 Å². The van der Waals surface area contributed by atoms with E-state index >= 15 is 0 Å².